The van der Waals surface area contributed by atoms with E-state index in [2.05, 4.69) is 9.97 Å². The van der Waals surface area contributed by atoms with Crippen LogP contribution < -0.4 is 21.7 Å². The first-order valence-corrected chi connectivity index (χ1v) is 11.0. The number of aryl methyl sites for hydroxylation is 2. The van der Waals surface area contributed by atoms with Crippen LogP contribution in [0.5, 0.6) is 0 Å². The fourth-order valence-corrected chi connectivity index (χ4v) is 2.41. The summed E-state index contributed by atoms with van der Waals surface area (Å²) < 4.78 is 0. The molecule has 41 heavy (non-hydrogen) atoms. The second-order valence-electron chi connectivity index (χ2n) is 7.51. The maximum atomic E-state index is 10.4. The van der Waals surface area contributed by atoms with Gasteiger partial charge in [0, 0.05) is 35.9 Å². The first-order valence-electron chi connectivity index (χ1n) is 11.0. The van der Waals surface area contributed by atoms with Gasteiger partial charge in [-0.05, 0) is 49.2 Å². The maximum Gasteiger partial charge on any atom is 2.00 e. The summed E-state index contributed by atoms with van der Waals surface area (Å²) >= 11 is 0. The zero-order valence-corrected chi connectivity index (χ0v) is 26.6. The van der Waals surface area contributed by atoms with Gasteiger partial charge in [0.25, 0.3) is 0 Å². The topological polar surface area (TPSA) is 257 Å². The molecule has 9 N–H and O–H groups in total. The Kier molecular flexibility index (Phi) is 22.3. The van der Waals surface area contributed by atoms with E-state index in [0.717, 1.165) is 11.1 Å². The maximum absolute atomic E-state index is 10.4. The van der Waals surface area contributed by atoms with E-state index < -0.39 is 23.8 Å². The van der Waals surface area contributed by atoms with E-state index in [0.29, 0.717) is 11.1 Å². The number of rotatable bonds is 4. The number of benzene rings is 2. The fraction of sp³-hybridized carbons (Fsp3) is 0.0714. The van der Waals surface area contributed by atoms with Crippen molar-refractivity contribution in [3.8, 4) is 0 Å². The second kappa shape index (κ2) is 22.3. The number of carbonyl (C=O) groups is 4. The number of carboxylic acid groups (broad SMARTS) is 2. The summed E-state index contributed by atoms with van der Waals surface area (Å²) in [6.07, 6.45) is 6.11. The summed E-state index contributed by atoms with van der Waals surface area (Å²) in [4.78, 5) is 48.6. The quantitative estimate of drug-likeness (QED) is 0.208. The third kappa shape index (κ3) is 17.6. The number of carbonyl (C=O) groups excluding carboxylic acids is 4. The molecule has 2 aromatic carbocycles. The fourth-order valence-electron chi connectivity index (χ4n) is 2.41. The van der Waals surface area contributed by atoms with Crippen LogP contribution in [0.1, 0.15) is 52.6 Å². The predicted molar refractivity (Wildman–Crippen MR) is 145 cm³/mol. The van der Waals surface area contributed by atoms with E-state index >= 15 is 0 Å². The van der Waals surface area contributed by atoms with E-state index in [1.54, 1.807) is 48.5 Å². The standard InChI is InChI=1S/2C8H8O2.2C6H6N2O.Cd.2H2O/c2*1-6-2-4-7(5-3-6)8(9)10;2*7-6(9)5-1-3-8-4-2-5;;;/h2*2-5H,1H3,(H,9,10);2*1-4H,(H2,7,9);;2*1H2/q;;;;+2;;/p-1. The van der Waals surface area contributed by atoms with Gasteiger partial charge in [-0.25, -0.2) is 0 Å². The molecule has 0 saturated heterocycles. The van der Waals surface area contributed by atoms with Crippen LogP contribution in [0.2, 0.25) is 0 Å². The smallest absolute Gasteiger partial charge is 0.545 e. The van der Waals surface area contributed by atoms with Gasteiger partial charge in [-0.2, -0.15) is 0 Å². The van der Waals surface area contributed by atoms with Crippen molar-refractivity contribution in [3.05, 3.63) is 131 Å². The van der Waals surface area contributed by atoms with Gasteiger partial charge in [0.1, 0.15) is 0 Å². The number of amides is 2. The predicted octanol–water partition coefficient (Wildman–Crippen LogP) is -0.671. The average molecular weight is 664 g/mol. The Morgan fingerprint density at radius 3 is 0.951 bits per heavy atom. The Hall–Kier alpha value is -4.54. The minimum absolute atomic E-state index is 0. The van der Waals surface area contributed by atoms with Crippen molar-refractivity contribution >= 4 is 23.8 Å². The molecule has 0 radical (unpaired) electrons. The molecule has 0 bridgehead atoms. The third-order valence-electron chi connectivity index (χ3n) is 4.50. The van der Waals surface area contributed by atoms with E-state index in [1.165, 1.54) is 49.1 Å². The molecule has 0 aliphatic rings. The second-order valence-corrected chi connectivity index (χ2v) is 7.51. The van der Waals surface area contributed by atoms with Crippen LogP contribution in [0, 0.1) is 13.8 Å². The molecule has 0 aliphatic heterocycles. The van der Waals surface area contributed by atoms with Crippen molar-refractivity contribution in [2.75, 3.05) is 0 Å². The van der Waals surface area contributed by atoms with Gasteiger partial charge >= 0.3 is 27.3 Å². The zero-order chi connectivity index (χ0) is 28.5. The number of aromatic carboxylic acids is 2. The van der Waals surface area contributed by atoms with E-state index in [-0.39, 0.29) is 49.4 Å². The average Bonchev–Trinajstić information content (AvgIpc) is 2.91. The molecular formula is C28H31CdN4O8+. The van der Waals surface area contributed by atoms with Crippen LogP contribution in [-0.2, 0) is 32.8 Å². The number of pyridine rings is 2. The molecule has 12 nitrogen and oxygen atoms in total. The van der Waals surface area contributed by atoms with Crippen LogP contribution in [0.3, 0.4) is 0 Å². The Morgan fingerprint density at radius 1 is 0.537 bits per heavy atom. The van der Waals surface area contributed by atoms with Gasteiger partial charge in [-0.15, -0.1) is 0 Å². The number of nitrogens with zero attached hydrogens (tertiary/aromatic N) is 2. The molecule has 2 amide bonds. The van der Waals surface area contributed by atoms with Crippen molar-refractivity contribution in [2.45, 2.75) is 13.8 Å². The molecule has 0 spiro atoms. The van der Waals surface area contributed by atoms with Crippen LogP contribution in [-0.4, -0.2) is 39.2 Å². The van der Waals surface area contributed by atoms with E-state index in [9.17, 15) is 29.4 Å². The molecule has 0 saturated carbocycles. The van der Waals surface area contributed by atoms with Crippen LogP contribution in [0.25, 0.3) is 0 Å². The Bertz CT molecular complexity index is 1220. The molecule has 4 rings (SSSR count). The molecule has 0 unspecified atom stereocenters. The first-order chi connectivity index (χ1) is 18.0. The Labute approximate surface area is 256 Å². The van der Waals surface area contributed by atoms with Crippen molar-refractivity contribution in [3.63, 3.8) is 0 Å². The summed E-state index contributed by atoms with van der Waals surface area (Å²) in [5.41, 5.74) is 13.4. The van der Waals surface area contributed by atoms with Crippen molar-refractivity contribution in [2.24, 2.45) is 11.5 Å². The Balaban J connectivity index is -0.000000459. The van der Waals surface area contributed by atoms with Crippen molar-refractivity contribution in [1.82, 2.24) is 9.97 Å². The van der Waals surface area contributed by atoms with Crippen LogP contribution >= 0.6 is 0 Å². The number of primary amides is 2. The molecule has 2 aromatic heterocycles. The minimum Gasteiger partial charge on any atom is -0.545 e. The zero-order valence-electron chi connectivity index (χ0n) is 22.5. The molecule has 13 heteroatoms. The molecule has 4 aromatic rings. The molecule has 212 valence electrons. The molecule has 0 atom stereocenters. The minimum atomic E-state index is -1.12. The van der Waals surface area contributed by atoms with Gasteiger partial charge in [0.2, 0.25) is 11.8 Å². The van der Waals surface area contributed by atoms with Crippen LogP contribution in [0.4, 0.5) is 0 Å². The van der Waals surface area contributed by atoms with Gasteiger partial charge in [-0.3, -0.25) is 19.6 Å². The molecule has 2 heterocycles. The summed E-state index contributed by atoms with van der Waals surface area (Å²) in [5, 5.41) is 20.4. The summed E-state index contributed by atoms with van der Waals surface area (Å²) in [7, 11) is 0. The van der Waals surface area contributed by atoms with Crippen LogP contribution in [0.15, 0.2) is 97.6 Å². The van der Waals surface area contributed by atoms with Gasteiger partial charge < -0.3 is 42.2 Å². The first kappa shape index (κ1) is 41.0. The monoisotopic (exact) mass is 665 g/mol. The van der Waals surface area contributed by atoms with E-state index in [1.807, 2.05) is 13.8 Å². The number of hydrogen-bond donors (Lipinski definition) is 2. The number of hydrogen-bond acceptors (Lipinski definition) is 8. The van der Waals surface area contributed by atoms with Gasteiger partial charge in [0.15, 0.2) is 0 Å². The van der Waals surface area contributed by atoms with Crippen molar-refractivity contribution in [1.29, 1.82) is 0 Å². The number of carboxylic acids is 2. The molecular weight excluding hydrogens is 633 g/mol. The van der Waals surface area contributed by atoms with Crippen molar-refractivity contribution < 1.29 is 67.6 Å². The number of aromatic nitrogens is 2. The summed E-state index contributed by atoms with van der Waals surface area (Å²) in [6, 6.07) is 19.4. The largest absolute Gasteiger partial charge is 2.00 e. The molecule has 0 aliphatic carbocycles. The SMILES string of the molecule is Cc1ccc(C(=O)[O-])cc1.Cc1ccc(C(=O)[O-])cc1.NC(=O)c1ccncc1.NC(=O)c1ccncc1.O.[Cd+2].[OH3+]. The van der Waals surface area contributed by atoms with Gasteiger partial charge in [-0.1, -0.05) is 59.7 Å². The summed E-state index contributed by atoms with van der Waals surface area (Å²) in [6.45, 7) is 3.80. The third-order valence-corrected chi connectivity index (χ3v) is 4.50. The number of nitrogens with two attached hydrogens (primary N) is 2. The van der Waals surface area contributed by atoms with E-state index in [4.69, 9.17) is 11.5 Å². The molecule has 0 fully saturated rings. The van der Waals surface area contributed by atoms with Gasteiger partial charge in [0.05, 0.1) is 11.9 Å². The normalized spacial score (nSPS) is 8.44. The summed E-state index contributed by atoms with van der Waals surface area (Å²) in [5.74, 6) is -3.09. The Morgan fingerprint density at radius 2 is 0.780 bits per heavy atom.